The molecule has 0 saturated carbocycles. The summed E-state index contributed by atoms with van der Waals surface area (Å²) in [5, 5.41) is 4.67. The number of hydrogen-bond donors (Lipinski definition) is 0. The van der Waals surface area contributed by atoms with E-state index in [-0.39, 0.29) is 0 Å². The summed E-state index contributed by atoms with van der Waals surface area (Å²) >= 11 is 0. The smallest absolute Gasteiger partial charge is 0.238 e. The van der Waals surface area contributed by atoms with Crippen molar-refractivity contribution >= 4 is 43.6 Å². The van der Waals surface area contributed by atoms with Gasteiger partial charge in [-0.05, 0) is 58.7 Å². The highest BCUT2D eigenvalue weighted by molar-refractivity contribution is 6.12. The van der Waals surface area contributed by atoms with Crippen LogP contribution in [0.2, 0.25) is 0 Å². The first kappa shape index (κ1) is 31.9. The first-order valence-electron chi connectivity index (χ1n) is 18.9. The Hall–Kier alpha value is -7.63. The third kappa shape index (κ3) is 5.21. The van der Waals surface area contributed by atoms with Gasteiger partial charge in [-0.25, -0.2) is 4.98 Å². The molecule has 8 aromatic carbocycles. The van der Waals surface area contributed by atoms with Crippen molar-refractivity contribution < 1.29 is 0 Å². The van der Waals surface area contributed by atoms with E-state index in [9.17, 15) is 0 Å². The molecule has 0 aliphatic heterocycles. The van der Waals surface area contributed by atoms with Crippen molar-refractivity contribution in [2.75, 3.05) is 0 Å². The first-order chi connectivity index (χ1) is 27.8. The fraction of sp³-hybridized carbons (Fsp3) is 0. The lowest BCUT2D eigenvalue weighted by atomic mass is 10.0. The molecule has 0 saturated heterocycles. The van der Waals surface area contributed by atoms with Crippen molar-refractivity contribution in [3.8, 4) is 56.7 Å². The van der Waals surface area contributed by atoms with E-state index in [1.807, 2.05) is 18.2 Å². The monoisotopic (exact) mass is 715 g/mol. The van der Waals surface area contributed by atoms with Gasteiger partial charge >= 0.3 is 0 Å². The van der Waals surface area contributed by atoms with Gasteiger partial charge in [0, 0.05) is 32.7 Å². The zero-order valence-electron chi connectivity index (χ0n) is 30.3. The van der Waals surface area contributed by atoms with Gasteiger partial charge in [0.2, 0.25) is 5.95 Å². The molecule has 0 radical (unpaired) electrons. The summed E-state index contributed by atoms with van der Waals surface area (Å²) in [7, 11) is 0. The lowest BCUT2D eigenvalue weighted by Gasteiger charge is -2.16. The minimum atomic E-state index is 0.570. The van der Waals surface area contributed by atoms with Crippen LogP contribution in [0.15, 0.2) is 200 Å². The molecule has 0 bridgehead atoms. The molecule has 3 heterocycles. The average Bonchev–Trinajstić information content (AvgIpc) is 3.79. The van der Waals surface area contributed by atoms with E-state index in [1.165, 1.54) is 21.9 Å². The minimum Gasteiger partial charge on any atom is -0.308 e. The Morgan fingerprint density at radius 3 is 1.30 bits per heavy atom. The maximum atomic E-state index is 5.36. The summed E-state index contributed by atoms with van der Waals surface area (Å²) in [6, 6.07) is 70.4. The van der Waals surface area contributed by atoms with Crippen LogP contribution >= 0.6 is 0 Å². The average molecular weight is 716 g/mol. The molecule has 0 atom stereocenters. The van der Waals surface area contributed by atoms with Gasteiger partial charge in [0.25, 0.3) is 0 Å². The normalized spacial score (nSPS) is 11.6. The van der Waals surface area contributed by atoms with Gasteiger partial charge in [-0.15, -0.1) is 0 Å². The number of aromatic nitrogens is 5. The second kappa shape index (κ2) is 13.0. The second-order valence-electron chi connectivity index (χ2n) is 14.1. The Kier molecular flexibility index (Phi) is 7.42. The third-order valence-corrected chi connectivity index (χ3v) is 10.8. The van der Waals surface area contributed by atoms with E-state index in [1.54, 1.807) is 0 Å². The van der Waals surface area contributed by atoms with Crippen LogP contribution in [0.25, 0.3) is 100 Å². The van der Waals surface area contributed by atoms with Gasteiger partial charge in [-0.1, -0.05) is 164 Å². The van der Waals surface area contributed by atoms with E-state index >= 15 is 0 Å². The number of benzene rings is 8. The van der Waals surface area contributed by atoms with Crippen molar-refractivity contribution in [3.05, 3.63) is 200 Å². The fourth-order valence-corrected chi connectivity index (χ4v) is 8.20. The molecular weight excluding hydrogens is 683 g/mol. The van der Waals surface area contributed by atoms with Crippen LogP contribution in [0.5, 0.6) is 0 Å². The lowest BCUT2D eigenvalue weighted by Crippen LogP contribution is -2.07. The zero-order valence-corrected chi connectivity index (χ0v) is 30.3. The molecule has 0 N–H and O–H groups in total. The standard InChI is InChI=1S/C51H33N5/c1-4-16-34(17-5-1)37-28-30-41-42-31-29-38(35-18-6-2-7-19-35)33-48(42)55(47(41)32-37)46-27-15-12-24-43(46)50-52-49(36-20-8-3-9-21-36)53-51(54-50)56-44-25-13-10-22-39(44)40-23-11-14-26-45(40)56/h1-33H. The van der Waals surface area contributed by atoms with Crippen molar-refractivity contribution in [2.45, 2.75) is 0 Å². The Bertz CT molecular complexity index is 3090. The molecule has 0 amide bonds. The zero-order chi connectivity index (χ0) is 37.0. The highest BCUT2D eigenvalue weighted by Crippen LogP contribution is 2.40. The van der Waals surface area contributed by atoms with Crippen molar-refractivity contribution in [1.82, 2.24) is 24.1 Å². The molecule has 5 nitrogen and oxygen atoms in total. The van der Waals surface area contributed by atoms with Crippen LogP contribution in [-0.4, -0.2) is 24.1 Å². The van der Waals surface area contributed by atoms with Gasteiger partial charge in [-0.2, -0.15) is 9.97 Å². The molecule has 0 unspecified atom stereocenters. The van der Waals surface area contributed by atoms with Crippen LogP contribution in [-0.2, 0) is 0 Å². The highest BCUT2D eigenvalue weighted by Gasteiger charge is 2.22. The molecule has 0 fully saturated rings. The molecule has 262 valence electrons. The van der Waals surface area contributed by atoms with Gasteiger partial charge in [-0.3, -0.25) is 4.57 Å². The molecule has 3 aromatic heterocycles. The number of fused-ring (bicyclic) bond motifs is 6. The molecule has 11 rings (SSSR count). The Balaban J connectivity index is 1.21. The number of para-hydroxylation sites is 3. The van der Waals surface area contributed by atoms with E-state index in [0.717, 1.165) is 60.8 Å². The van der Waals surface area contributed by atoms with Crippen LogP contribution in [0.4, 0.5) is 0 Å². The van der Waals surface area contributed by atoms with E-state index in [2.05, 4.69) is 191 Å². The Morgan fingerprint density at radius 1 is 0.286 bits per heavy atom. The third-order valence-electron chi connectivity index (χ3n) is 10.8. The van der Waals surface area contributed by atoms with Gasteiger partial charge in [0.1, 0.15) is 0 Å². The summed E-state index contributed by atoms with van der Waals surface area (Å²) < 4.78 is 4.56. The number of nitrogens with zero attached hydrogens (tertiary/aromatic N) is 5. The van der Waals surface area contributed by atoms with E-state index < -0.39 is 0 Å². The van der Waals surface area contributed by atoms with Crippen molar-refractivity contribution in [2.24, 2.45) is 0 Å². The fourth-order valence-electron chi connectivity index (χ4n) is 8.20. The van der Waals surface area contributed by atoms with Crippen LogP contribution < -0.4 is 0 Å². The quantitative estimate of drug-likeness (QED) is 0.172. The lowest BCUT2D eigenvalue weighted by molar-refractivity contribution is 0.951. The largest absolute Gasteiger partial charge is 0.308 e. The topological polar surface area (TPSA) is 48.5 Å². The van der Waals surface area contributed by atoms with Crippen LogP contribution in [0.1, 0.15) is 0 Å². The summed E-state index contributed by atoms with van der Waals surface area (Å²) in [5.74, 6) is 1.78. The SMILES string of the molecule is c1ccc(-c2ccc3c4ccc(-c5ccccc5)cc4n(-c4ccccc4-c4nc(-c5ccccc5)nc(-n5c6ccccc6c6ccccc65)n4)c3c2)cc1. The molecule has 11 aromatic rings. The Morgan fingerprint density at radius 2 is 0.732 bits per heavy atom. The van der Waals surface area contributed by atoms with Crippen molar-refractivity contribution in [1.29, 1.82) is 0 Å². The van der Waals surface area contributed by atoms with Crippen LogP contribution in [0.3, 0.4) is 0 Å². The van der Waals surface area contributed by atoms with Crippen molar-refractivity contribution in [3.63, 3.8) is 0 Å². The molecular formula is C51H33N5. The second-order valence-corrected chi connectivity index (χ2v) is 14.1. The van der Waals surface area contributed by atoms with Crippen LogP contribution in [0, 0.1) is 0 Å². The predicted octanol–water partition coefficient (Wildman–Crippen LogP) is 12.7. The van der Waals surface area contributed by atoms with Gasteiger partial charge in [0.05, 0.1) is 27.8 Å². The number of hydrogen-bond acceptors (Lipinski definition) is 3. The number of rotatable bonds is 6. The maximum Gasteiger partial charge on any atom is 0.238 e. The Labute approximate surface area is 323 Å². The molecule has 0 spiro atoms. The molecule has 0 aliphatic carbocycles. The van der Waals surface area contributed by atoms with Gasteiger partial charge in [0.15, 0.2) is 11.6 Å². The summed E-state index contributed by atoms with van der Waals surface area (Å²) in [5.41, 5.74) is 11.8. The molecule has 0 aliphatic rings. The summed E-state index contributed by atoms with van der Waals surface area (Å²) in [6.45, 7) is 0. The van der Waals surface area contributed by atoms with Gasteiger partial charge < -0.3 is 4.57 Å². The van der Waals surface area contributed by atoms with E-state index in [0.29, 0.717) is 17.6 Å². The highest BCUT2D eigenvalue weighted by atomic mass is 15.2. The maximum absolute atomic E-state index is 5.36. The summed E-state index contributed by atoms with van der Waals surface area (Å²) in [4.78, 5) is 15.8. The van der Waals surface area contributed by atoms with E-state index in [4.69, 9.17) is 15.0 Å². The molecule has 5 heteroatoms. The minimum absolute atomic E-state index is 0.570. The summed E-state index contributed by atoms with van der Waals surface area (Å²) in [6.07, 6.45) is 0. The first-order valence-corrected chi connectivity index (χ1v) is 18.9. The molecule has 56 heavy (non-hydrogen) atoms. The predicted molar refractivity (Wildman–Crippen MR) is 230 cm³/mol.